The van der Waals surface area contributed by atoms with Crippen molar-refractivity contribution in [1.82, 2.24) is 0 Å². The van der Waals surface area contributed by atoms with Crippen molar-refractivity contribution in [3.63, 3.8) is 0 Å². The molecule has 0 saturated carbocycles. The summed E-state index contributed by atoms with van der Waals surface area (Å²) in [6, 6.07) is 14.4. The second-order valence-electron chi connectivity index (χ2n) is 13.6. The van der Waals surface area contributed by atoms with Crippen LogP contribution >= 0.6 is 0 Å². The van der Waals surface area contributed by atoms with Crippen LogP contribution in [0.15, 0.2) is 36.4 Å². The van der Waals surface area contributed by atoms with E-state index < -0.39 is 0 Å². The topological polar surface area (TPSA) is 0 Å². The highest BCUT2D eigenvalue weighted by atomic mass is 14.3. The third-order valence-corrected chi connectivity index (χ3v) is 6.46. The van der Waals surface area contributed by atoms with Gasteiger partial charge in [-0.3, -0.25) is 0 Å². The van der Waals surface area contributed by atoms with Crippen molar-refractivity contribution >= 4 is 0 Å². The molecular weight excluding hydrogens is 372 g/mol. The second-order valence-corrected chi connectivity index (χ2v) is 13.6. The summed E-state index contributed by atoms with van der Waals surface area (Å²) in [5.41, 5.74) is 9.65. The van der Waals surface area contributed by atoms with Crippen molar-refractivity contribution in [2.75, 3.05) is 0 Å². The molecule has 2 aromatic carbocycles. The summed E-state index contributed by atoms with van der Waals surface area (Å²) in [6.45, 7) is 27.9. The van der Waals surface area contributed by atoms with Gasteiger partial charge >= 0.3 is 0 Å². The zero-order valence-corrected chi connectivity index (χ0v) is 22.6. The first-order valence-electron chi connectivity index (χ1n) is 12.2. The van der Waals surface area contributed by atoms with Gasteiger partial charge in [0.1, 0.15) is 0 Å². The highest BCUT2D eigenvalue weighted by molar-refractivity contribution is 5.41. The molecule has 0 fully saturated rings. The maximum absolute atomic E-state index is 2.47. The van der Waals surface area contributed by atoms with Gasteiger partial charge in [-0.05, 0) is 74.3 Å². The molecule has 31 heavy (non-hydrogen) atoms. The SMILES string of the molecule is CC(C)(C)c1ccc(CCCc2ccc(C(C)(C)C)cc2C(C)(C)C)c(C(C)(C)C)c1. The summed E-state index contributed by atoms with van der Waals surface area (Å²) in [7, 11) is 0. The lowest BCUT2D eigenvalue weighted by molar-refractivity contribution is 0.558. The minimum absolute atomic E-state index is 0.168. The molecule has 0 aliphatic heterocycles. The Morgan fingerprint density at radius 3 is 1.03 bits per heavy atom. The molecule has 2 aromatic rings. The predicted molar refractivity (Wildman–Crippen MR) is 140 cm³/mol. The first-order valence-corrected chi connectivity index (χ1v) is 12.2. The number of hydrogen-bond donors (Lipinski definition) is 0. The Bertz CT molecular complexity index is 808. The lowest BCUT2D eigenvalue weighted by Crippen LogP contribution is -2.19. The second kappa shape index (κ2) is 8.76. The van der Waals surface area contributed by atoms with Crippen molar-refractivity contribution in [2.24, 2.45) is 0 Å². The molecule has 0 saturated heterocycles. The lowest BCUT2D eigenvalue weighted by Gasteiger charge is -2.28. The number of hydrogen-bond acceptors (Lipinski definition) is 0. The Balaban J connectivity index is 2.29. The molecule has 0 spiro atoms. The summed E-state index contributed by atoms with van der Waals surface area (Å²) in [5.74, 6) is 0. The van der Waals surface area contributed by atoms with E-state index in [2.05, 4.69) is 119 Å². The van der Waals surface area contributed by atoms with Gasteiger partial charge in [-0.15, -0.1) is 0 Å². The van der Waals surface area contributed by atoms with Crippen LogP contribution in [0.2, 0.25) is 0 Å². The molecular formula is C31H48. The molecule has 172 valence electrons. The lowest BCUT2D eigenvalue weighted by atomic mass is 9.76. The van der Waals surface area contributed by atoms with Crippen LogP contribution in [-0.2, 0) is 34.5 Å². The molecule has 0 unspecified atom stereocenters. The quantitative estimate of drug-likeness (QED) is 0.462. The van der Waals surface area contributed by atoms with E-state index in [1.54, 1.807) is 0 Å². The van der Waals surface area contributed by atoms with Gasteiger partial charge in [0.15, 0.2) is 0 Å². The minimum atomic E-state index is 0.168. The van der Waals surface area contributed by atoms with Crippen LogP contribution in [0, 0.1) is 0 Å². The van der Waals surface area contributed by atoms with Crippen molar-refractivity contribution < 1.29 is 0 Å². The maximum Gasteiger partial charge on any atom is -0.0129 e. The molecule has 0 nitrogen and oxygen atoms in total. The van der Waals surface area contributed by atoms with Crippen LogP contribution in [0.3, 0.4) is 0 Å². The van der Waals surface area contributed by atoms with E-state index in [-0.39, 0.29) is 21.7 Å². The van der Waals surface area contributed by atoms with E-state index in [1.165, 1.54) is 39.8 Å². The zero-order chi connectivity index (χ0) is 23.8. The first kappa shape index (κ1) is 25.7. The van der Waals surface area contributed by atoms with E-state index in [0.29, 0.717) is 0 Å². The van der Waals surface area contributed by atoms with Gasteiger partial charge in [-0.2, -0.15) is 0 Å². The molecule has 0 heteroatoms. The van der Waals surface area contributed by atoms with Crippen molar-refractivity contribution in [3.8, 4) is 0 Å². The average Bonchev–Trinajstić information content (AvgIpc) is 2.58. The molecule has 0 radical (unpaired) electrons. The van der Waals surface area contributed by atoms with Crippen molar-refractivity contribution in [2.45, 2.75) is 124 Å². The van der Waals surface area contributed by atoms with Gasteiger partial charge in [0.2, 0.25) is 0 Å². The molecule has 0 heterocycles. The van der Waals surface area contributed by atoms with Crippen LogP contribution < -0.4 is 0 Å². The van der Waals surface area contributed by atoms with Crippen molar-refractivity contribution in [1.29, 1.82) is 0 Å². The molecule has 0 N–H and O–H groups in total. The van der Waals surface area contributed by atoms with Gasteiger partial charge < -0.3 is 0 Å². The number of aryl methyl sites for hydroxylation is 2. The number of rotatable bonds is 4. The molecule has 0 amide bonds. The Morgan fingerprint density at radius 1 is 0.452 bits per heavy atom. The van der Waals surface area contributed by atoms with Gasteiger partial charge in [0.05, 0.1) is 0 Å². The van der Waals surface area contributed by atoms with Gasteiger partial charge in [0.25, 0.3) is 0 Å². The fourth-order valence-corrected chi connectivity index (χ4v) is 4.39. The summed E-state index contributed by atoms with van der Waals surface area (Å²) in [4.78, 5) is 0. The Morgan fingerprint density at radius 2 is 0.774 bits per heavy atom. The molecule has 0 aliphatic carbocycles. The van der Waals surface area contributed by atoms with Crippen LogP contribution in [0.1, 0.15) is 123 Å². The molecule has 0 bridgehead atoms. The summed E-state index contributed by atoms with van der Waals surface area (Å²) < 4.78 is 0. The van der Waals surface area contributed by atoms with Crippen LogP contribution in [0.25, 0.3) is 0 Å². The predicted octanol–water partition coefficient (Wildman–Crippen LogP) is 9.05. The third kappa shape index (κ3) is 6.71. The highest BCUT2D eigenvalue weighted by Crippen LogP contribution is 2.34. The zero-order valence-electron chi connectivity index (χ0n) is 22.6. The molecule has 0 aliphatic rings. The summed E-state index contributed by atoms with van der Waals surface area (Å²) in [6.07, 6.45) is 3.47. The number of benzene rings is 2. The van der Waals surface area contributed by atoms with Crippen LogP contribution in [-0.4, -0.2) is 0 Å². The Labute approximate surface area is 193 Å². The Kier molecular flexibility index (Phi) is 7.26. The third-order valence-electron chi connectivity index (χ3n) is 6.46. The van der Waals surface area contributed by atoms with Gasteiger partial charge in [-0.25, -0.2) is 0 Å². The first-order chi connectivity index (χ1) is 13.9. The molecule has 0 atom stereocenters. The van der Waals surface area contributed by atoms with E-state index in [1.807, 2.05) is 0 Å². The van der Waals surface area contributed by atoms with Crippen LogP contribution in [0.4, 0.5) is 0 Å². The van der Waals surface area contributed by atoms with E-state index in [0.717, 1.165) is 12.8 Å². The average molecular weight is 421 g/mol. The van der Waals surface area contributed by atoms with E-state index >= 15 is 0 Å². The fourth-order valence-electron chi connectivity index (χ4n) is 4.39. The highest BCUT2D eigenvalue weighted by Gasteiger charge is 2.24. The smallest absolute Gasteiger partial charge is 0.0129 e. The minimum Gasteiger partial charge on any atom is -0.0585 e. The monoisotopic (exact) mass is 420 g/mol. The largest absolute Gasteiger partial charge is 0.0585 e. The van der Waals surface area contributed by atoms with Gasteiger partial charge in [0, 0.05) is 0 Å². The molecule has 0 aromatic heterocycles. The van der Waals surface area contributed by atoms with E-state index in [4.69, 9.17) is 0 Å². The van der Waals surface area contributed by atoms with Gasteiger partial charge in [-0.1, -0.05) is 119 Å². The fraction of sp³-hybridized carbons (Fsp3) is 0.613. The van der Waals surface area contributed by atoms with E-state index in [9.17, 15) is 0 Å². The van der Waals surface area contributed by atoms with Crippen molar-refractivity contribution in [3.05, 3.63) is 69.8 Å². The Hall–Kier alpha value is -1.56. The molecule has 2 rings (SSSR count). The maximum atomic E-state index is 2.47. The summed E-state index contributed by atoms with van der Waals surface area (Å²) in [5, 5.41) is 0. The standard InChI is InChI=1S/C31H48/c1-28(2,3)24-18-16-22(26(20-24)30(7,8)9)14-13-15-23-17-19-25(29(4,5)6)21-27(23)31(10,11)12/h16-21H,13-15H2,1-12H3. The normalized spacial score (nSPS) is 13.5. The van der Waals surface area contributed by atoms with Crippen LogP contribution in [0.5, 0.6) is 0 Å². The summed E-state index contributed by atoms with van der Waals surface area (Å²) >= 11 is 0.